The molecule has 1 aliphatic heterocycles. The molecule has 0 saturated carbocycles. The van der Waals surface area contributed by atoms with E-state index in [9.17, 15) is 4.79 Å². The van der Waals surface area contributed by atoms with Crippen LogP contribution in [0.25, 0.3) is 0 Å². The zero-order valence-electron chi connectivity index (χ0n) is 13.0. The average molecular weight is 291 g/mol. The molecule has 1 aromatic rings. The van der Waals surface area contributed by atoms with Gasteiger partial charge in [-0.25, -0.2) is 0 Å². The van der Waals surface area contributed by atoms with Crippen LogP contribution in [0.1, 0.15) is 12.5 Å². The van der Waals surface area contributed by atoms with Crippen molar-refractivity contribution in [1.29, 1.82) is 0 Å². The van der Waals surface area contributed by atoms with E-state index in [0.29, 0.717) is 0 Å². The van der Waals surface area contributed by atoms with Crippen molar-refractivity contribution >= 4 is 11.6 Å². The number of hydrogen-bond acceptors (Lipinski definition) is 4. The Morgan fingerprint density at radius 2 is 1.95 bits per heavy atom. The molecule has 5 nitrogen and oxygen atoms in total. The van der Waals surface area contributed by atoms with E-state index in [1.54, 1.807) is 14.0 Å². The van der Waals surface area contributed by atoms with Crippen molar-refractivity contribution in [2.24, 2.45) is 0 Å². The highest BCUT2D eigenvalue weighted by Gasteiger charge is 2.20. The third-order valence-electron chi connectivity index (χ3n) is 3.86. The van der Waals surface area contributed by atoms with Crippen LogP contribution in [0.2, 0.25) is 0 Å². The summed E-state index contributed by atoms with van der Waals surface area (Å²) in [4.78, 5) is 15.7. The quantitative estimate of drug-likeness (QED) is 0.797. The third-order valence-corrected chi connectivity index (χ3v) is 3.86. The van der Waals surface area contributed by atoms with Crippen molar-refractivity contribution in [3.05, 3.63) is 29.8 Å². The lowest BCUT2D eigenvalue weighted by Crippen LogP contribution is -2.48. The van der Waals surface area contributed by atoms with Crippen LogP contribution >= 0.6 is 0 Å². The van der Waals surface area contributed by atoms with Crippen LogP contribution in [0, 0.1) is 0 Å². The first kappa shape index (κ1) is 15.8. The van der Waals surface area contributed by atoms with E-state index in [1.165, 1.54) is 11.3 Å². The highest BCUT2D eigenvalue weighted by Crippen LogP contribution is 2.21. The first-order valence-electron chi connectivity index (χ1n) is 7.50. The predicted octanol–water partition coefficient (Wildman–Crippen LogP) is 1.09. The molecular formula is C16H25N3O2. The summed E-state index contributed by atoms with van der Waals surface area (Å²) in [6, 6.07) is 8.47. The third kappa shape index (κ3) is 4.44. The van der Waals surface area contributed by atoms with E-state index < -0.39 is 0 Å². The highest BCUT2D eigenvalue weighted by molar-refractivity contribution is 5.73. The zero-order chi connectivity index (χ0) is 15.1. The Morgan fingerprint density at radius 3 is 2.62 bits per heavy atom. The molecule has 0 spiro atoms. The van der Waals surface area contributed by atoms with Gasteiger partial charge in [0.2, 0.25) is 5.91 Å². The highest BCUT2D eigenvalue weighted by atomic mass is 16.5. The molecule has 1 aliphatic rings. The molecule has 116 valence electrons. The Kier molecular flexibility index (Phi) is 6.02. The van der Waals surface area contributed by atoms with Gasteiger partial charge in [-0.1, -0.05) is 18.2 Å². The number of nitrogens with one attached hydrogen (secondary N) is 1. The summed E-state index contributed by atoms with van der Waals surface area (Å²) < 4.78 is 5.05. The van der Waals surface area contributed by atoms with Crippen molar-refractivity contribution < 1.29 is 9.53 Å². The lowest BCUT2D eigenvalue weighted by Gasteiger charge is -2.36. The molecular weight excluding hydrogens is 266 g/mol. The Labute approximate surface area is 126 Å². The number of piperazine rings is 1. The largest absolute Gasteiger partial charge is 0.383 e. The van der Waals surface area contributed by atoms with E-state index in [-0.39, 0.29) is 5.91 Å². The molecule has 0 radical (unpaired) electrons. The molecule has 0 bridgehead atoms. The fourth-order valence-electron chi connectivity index (χ4n) is 2.63. The number of methoxy groups -OCH3 is 1. The van der Waals surface area contributed by atoms with E-state index in [4.69, 9.17) is 4.74 Å². The molecule has 0 aliphatic carbocycles. The van der Waals surface area contributed by atoms with Crippen molar-refractivity contribution in [3.63, 3.8) is 0 Å². The lowest BCUT2D eigenvalue weighted by atomic mass is 10.1. The minimum atomic E-state index is 0.171. The number of carbonyl (C=O) groups is 1. The van der Waals surface area contributed by atoms with Gasteiger partial charge in [-0.15, -0.1) is 0 Å². The molecule has 0 aromatic heterocycles. The maximum atomic E-state index is 11.4. The molecule has 5 heteroatoms. The fraction of sp³-hybridized carbons (Fsp3) is 0.562. The number of rotatable bonds is 6. The molecule has 21 heavy (non-hydrogen) atoms. The van der Waals surface area contributed by atoms with Crippen LogP contribution in [0.4, 0.5) is 5.69 Å². The first-order valence-corrected chi connectivity index (χ1v) is 7.50. The Hall–Kier alpha value is -1.59. The minimum absolute atomic E-state index is 0.171. The first-order chi connectivity index (χ1) is 10.2. The number of hydrogen-bond donors (Lipinski definition) is 1. The van der Waals surface area contributed by atoms with E-state index in [2.05, 4.69) is 34.5 Å². The molecule has 1 fully saturated rings. The maximum Gasteiger partial charge on any atom is 0.219 e. The van der Waals surface area contributed by atoms with Crippen LogP contribution in [0.5, 0.6) is 0 Å². The van der Waals surface area contributed by atoms with E-state index in [0.717, 1.165) is 45.9 Å². The van der Waals surface area contributed by atoms with Gasteiger partial charge in [-0.2, -0.15) is 0 Å². The van der Waals surface area contributed by atoms with Gasteiger partial charge in [0.15, 0.2) is 0 Å². The summed E-state index contributed by atoms with van der Waals surface area (Å²) in [7, 11) is 1.71. The average Bonchev–Trinajstić information content (AvgIpc) is 2.52. The number of anilines is 1. The van der Waals surface area contributed by atoms with Gasteiger partial charge in [0, 0.05) is 59.0 Å². The molecule has 0 unspecified atom stereocenters. The van der Waals surface area contributed by atoms with Gasteiger partial charge in [-0.3, -0.25) is 4.79 Å². The van der Waals surface area contributed by atoms with Crippen LogP contribution in [0.15, 0.2) is 24.3 Å². The van der Waals surface area contributed by atoms with E-state index in [1.807, 2.05) is 4.90 Å². The second-order valence-electron chi connectivity index (χ2n) is 5.29. The lowest BCUT2D eigenvalue weighted by molar-refractivity contribution is -0.129. The molecule has 1 aromatic carbocycles. The Balaban J connectivity index is 1.95. The maximum absolute atomic E-state index is 11.4. The van der Waals surface area contributed by atoms with E-state index >= 15 is 0 Å². The van der Waals surface area contributed by atoms with Crippen molar-refractivity contribution in [1.82, 2.24) is 10.2 Å². The van der Waals surface area contributed by atoms with Crippen molar-refractivity contribution in [3.8, 4) is 0 Å². The number of benzene rings is 1. The molecule has 1 saturated heterocycles. The topological polar surface area (TPSA) is 44.8 Å². The normalized spacial score (nSPS) is 15.3. The second-order valence-corrected chi connectivity index (χ2v) is 5.29. The van der Waals surface area contributed by atoms with Gasteiger partial charge < -0.3 is 19.9 Å². The standard InChI is InChI=1S/C16H25N3O2/c1-14(20)18-8-10-19(11-9-18)16-6-4-3-5-15(16)13-17-7-12-21-2/h3-6,17H,7-13H2,1-2H3. The SMILES string of the molecule is COCCNCc1ccccc1N1CCN(C(C)=O)CC1. The summed E-state index contributed by atoms with van der Waals surface area (Å²) in [6.07, 6.45) is 0. The summed E-state index contributed by atoms with van der Waals surface area (Å²) in [5.41, 5.74) is 2.57. The zero-order valence-corrected chi connectivity index (χ0v) is 13.0. The van der Waals surface area contributed by atoms with Gasteiger partial charge in [-0.05, 0) is 11.6 Å². The number of amides is 1. The summed E-state index contributed by atoms with van der Waals surface area (Å²) in [5, 5.41) is 3.39. The number of carbonyl (C=O) groups excluding carboxylic acids is 1. The van der Waals surface area contributed by atoms with Gasteiger partial charge in [0.05, 0.1) is 6.61 Å². The Bertz CT molecular complexity index is 457. The number of para-hydroxylation sites is 1. The predicted molar refractivity (Wildman–Crippen MR) is 84.5 cm³/mol. The fourth-order valence-corrected chi connectivity index (χ4v) is 2.63. The molecule has 1 amide bonds. The minimum Gasteiger partial charge on any atom is -0.383 e. The number of nitrogens with zero attached hydrogens (tertiary/aromatic N) is 2. The van der Waals surface area contributed by atoms with Crippen LogP contribution < -0.4 is 10.2 Å². The van der Waals surface area contributed by atoms with Crippen LogP contribution in [-0.4, -0.2) is 57.2 Å². The van der Waals surface area contributed by atoms with Crippen molar-refractivity contribution in [2.45, 2.75) is 13.5 Å². The van der Waals surface area contributed by atoms with Crippen LogP contribution in [-0.2, 0) is 16.1 Å². The summed E-state index contributed by atoms with van der Waals surface area (Å²) in [6.45, 7) is 7.46. The summed E-state index contributed by atoms with van der Waals surface area (Å²) in [5.74, 6) is 0.171. The number of ether oxygens (including phenoxy) is 1. The molecule has 1 heterocycles. The second kappa shape index (κ2) is 8.00. The molecule has 0 atom stereocenters. The van der Waals surface area contributed by atoms with Gasteiger partial charge in [0.25, 0.3) is 0 Å². The molecule has 1 N–H and O–H groups in total. The van der Waals surface area contributed by atoms with Crippen molar-refractivity contribution in [2.75, 3.05) is 51.3 Å². The summed E-state index contributed by atoms with van der Waals surface area (Å²) >= 11 is 0. The van der Waals surface area contributed by atoms with Gasteiger partial charge >= 0.3 is 0 Å². The smallest absolute Gasteiger partial charge is 0.219 e. The Morgan fingerprint density at radius 1 is 1.24 bits per heavy atom. The molecule has 2 rings (SSSR count). The monoisotopic (exact) mass is 291 g/mol. The van der Waals surface area contributed by atoms with Gasteiger partial charge in [0.1, 0.15) is 0 Å². The van der Waals surface area contributed by atoms with Crippen LogP contribution in [0.3, 0.4) is 0 Å².